The normalized spacial score (nSPS) is 12.0. The number of hydrogen-bond donors (Lipinski definition) is 1. The summed E-state index contributed by atoms with van der Waals surface area (Å²) in [5.74, 6) is -2.29. The minimum atomic E-state index is -5.04. The van der Waals surface area contributed by atoms with E-state index in [0.717, 1.165) is 6.07 Å². The molecule has 1 N–H and O–H groups in total. The van der Waals surface area contributed by atoms with Crippen molar-refractivity contribution in [2.75, 3.05) is 5.32 Å². The number of alkyl halides is 3. The van der Waals surface area contributed by atoms with Crippen molar-refractivity contribution >= 4 is 27.7 Å². The standard InChI is InChI=1S/C12H12BrF4NO3/c1-11(2,3)21-10(19)18-8-5-9(20-12(15,16)17)7(14)4-6(8)13/h4-5H,1-3H3,(H,18,19). The van der Waals surface area contributed by atoms with Crippen LogP contribution < -0.4 is 10.1 Å². The van der Waals surface area contributed by atoms with Gasteiger partial charge in [0, 0.05) is 10.5 Å². The van der Waals surface area contributed by atoms with Gasteiger partial charge in [-0.3, -0.25) is 5.32 Å². The summed E-state index contributed by atoms with van der Waals surface area (Å²) in [6.45, 7) is 4.85. The van der Waals surface area contributed by atoms with Crippen LogP contribution in [0.4, 0.5) is 28.0 Å². The van der Waals surface area contributed by atoms with Gasteiger partial charge in [0.25, 0.3) is 0 Å². The van der Waals surface area contributed by atoms with Gasteiger partial charge >= 0.3 is 12.5 Å². The first-order valence-corrected chi connectivity index (χ1v) is 6.41. The number of hydrogen-bond acceptors (Lipinski definition) is 3. The van der Waals surface area contributed by atoms with E-state index in [2.05, 4.69) is 26.0 Å². The summed E-state index contributed by atoms with van der Waals surface area (Å²) < 4.78 is 58.3. The maximum absolute atomic E-state index is 13.4. The number of carbonyl (C=O) groups excluding carboxylic acids is 1. The van der Waals surface area contributed by atoms with Crippen LogP contribution in [0.15, 0.2) is 16.6 Å². The van der Waals surface area contributed by atoms with Crippen molar-refractivity contribution in [1.82, 2.24) is 0 Å². The highest BCUT2D eigenvalue weighted by Gasteiger charge is 2.33. The second-order valence-electron chi connectivity index (χ2n) is 4.94. The van der Waals surface area contributed by atoms with Crippen molar-refractivity contribution in [3.63, 3.8) is 0 Å². The second-order valence-corrected chi connectivity index (χ2v) is 5.79. The number of nitrogens with one attached hydrogen (secondary N) is 1. The van der Waals surface area contributed by atoms with E-state index in [0.29, 0.717) is 6.07 Å². The minimum Gasteiger partial charge on any atom is -0.444 e. The van der Waals surface area contributed by atoms with Gasteiger partial charge in [0.15, 0.2) is 11.6 Å². The first-order chi connectivity index (χ1) is 9.37. The van der Waals surface area contributed by atoms with E-state index in [1.54, 1.807) is 20.8 Å². The van der Waals surface area contributed by atoms with E-state index >= 15 is 0 Å². The van der Waals surface area contributed by atoms with Crippen LogP contribution in [0.1, 0.15) is 20.8 Å². The molecule has 0 aliphatic rings. The topological polar surface area (TPSA) is 47.6 Å². The summed E-state index contributed by atoms with van der Waals surface area (Å²) in [5, 5.41) is 2.20. The molecule has 9 heteroatoms. The fraction of sp³-hybridized carbons (Fsp3) is 0.417. The summed E-state index contributed by atoms with van der Waals surface area (Å²) >= 11 is 2.92. The van der Waals surface area contributed by atoms with Gasteiger partial charge < -0.3 is 9.47 Å². The van der Waals surface area contributed by atoms with Crippen LogP contribution in [0.5, 0.6) is 5.75 Å². The molecule has 0 atom stereocenters. The molecule has 1 amide bonds. The summed E-state index contributed by atoms with van der Waals surface area (Å²) in [4.78, 5) is 11.6. The maximum Gasteiger partial charge on any atom is 0.573 e. The van der Waals surface area contributed by atoms with Crippen molar-refractivity contribution in [2.24, 2.45) is 0 Å². The van der Waals surface area contributed by atoms with Gasteiger partial charge in [-0.2, -0.15) is 0 Å². The van der Waals surface area contributed by atoms with E-state index in [1.165, 1.54) is 0 Å². The van der Waals surface area contributed by atoms with Crippen LogP contribution >= 0.6 is 15.9 Å². The van der Waals surface area contributed by atoms with E-state index < -0.39 is 29.6 Å². The third-order valence-corrected chi connectivity index (χ3v) is 2.54. The lowest BCUT2D eigenvalue weighted by Crippen LogP contribution is -2.27. The van der Waals surface area contributed by atoms with Crippen LogP contribution in [-0.2, 0) is 4.74 Å². The predicted octanol–water partition coefficient (Wildman–Crippen LogP) is 4.83. The van der Waals surface area contributed by atoms with Gasteiger partial charge in [0.2, 0.25) is 0 Å². The number of amides is 1. The van der Waals surface area contributed by atoms with Gasteiger partial charge in [-0.05, 0) is 42.8 Å². The molecule has 0 aliphatic carbocycles. The summed E-state index contributed by atoms with van der Waals surface area (Å²) in [5.41, 5.74) is -0.910. The summed E-state index contributed by atoms with van der Waals surface area (Å²) in [6.07, 6.45) is -5.94. The number of rotatable bonds is 2. The second kappa shape index (κ2) is 6.08. The average Bonchev–Trinajstić information content (AvgIpc) is 2.20. The molecule has 0 aromatic heterocycles. The number of ether oxygens (including phenoxy) is 2. The molecule has 4 nitrogen and oxygen atoms in total. The molecule has 1 aromatic rings. The highest BCUT2D eigenvalue weighted by Crippen LogP contribution is 2.33. The molecule has 1 rings (SSSR count). The molecular formula is C12H12BrF4NO3. The first kappa shape index (κ1) is 17.5. The molecule has 0 aliphatic heterocycles. The molecule has 0 saturated carbocycles. The van der Waals surface area contributed by atoms with Crippen LogP contribution in [0.2, 0.25) is 0 Å². The highest BCUT2D eigenvalue weighted by atomic mass is 79.9. The molecule has 0 saturated heterocycles. The van der Waals surface area contributed by atoms with Crippen molar-refractivity contribution < 1.29 is 31.8 Å². The van der Waals surface area contributed by atoms with Crippen LogP contribution in [0, 0.1) is 5.82 Å². The number of carbonyl (C=O) groups is 1. The van der Waals surface area contributed by atoms with E-state index in [9.17, 15) is 22.4 Å². The van der Waals surface area contributed by atoms with Crippen molar-refractivity contribution in [2.45, 2.75) is 32.7 Å². The zero-order valence-corrected chi connectivity index (χ0v) is 12.9. The molecule has 0 fully saturated rings. The number of halogens is 5. The Kier molecular flexibility index (Phi) is 5.08. The Hall–Kier alpha value is -1.51. The van der Waals surface area contributed by atoms with Gasteiger partial charge in [-0.1, -0.05) is 0 Å². The lowest BCUT2D eigenvalue weighted by molar-refractivity contribution is -0.275. The smallest absolute Gasteiger partial charge is 0.444 e. The Morgan fingerprint density at radius 1 is 1.24 bits per heavy atom. The maximum atomic E-state index is 13.4. The SMILES string of the molecule is CC(C)(C)OC(=O)Nc1cc(OC(F)(F)F)c(F)cc1Br. The van der Waals surface area contributed by atoms with E-state index in [4.69, 9.17) is 4.74 Å². The van der Waals surface area contributed by atoms with Crippen molar-refractivity contribution in [1.29, 1.82) is 0 Å². The van der Waals surface area contributed by atoms with E-state index in [-0.39, 0.29) is 10.2 Å². The average molecular weight is 374 g/mol. The highest BCUT2D eigenvalue weighted by molar-refractivity contribution is 9.10. The molecule has 118 valence electrons. The molecule has 0 bridgehead atoms. The molecule has 0 spiro atoms. The lowest BCUT2D eigenvalue weighted by atomic mass is 10.2. The van der Waals surface area contributed by atoms with Crippen molar-refractivity contribution in [3.05, 3.63) is 22.4 Å². The van der Waals surface area contributed by atoms with Crippen LogP contribution in [-0.4, -0.2) is 18.1 Å². The van der Waals surface area contributed by atoms with Gasteiger partial charge in [0.05, 0.1) is 5.69 Å². The van der Waals surface area contributed by atoms with Gasteiger partial charge in [0.1, 0.15) is 5.60 Å². The Bertz CT molecular complexity index is 541. The molecule has 21 heavy (non-hydrogen) atoms. The predicted molar refractivity (Wildman–Crippen MR) is 70.6 cm³/mol. The molecular weight excluding hydrogens is 362 g/mol. The molecule has 0 radical (unpaired) electrons. The fourth-order valence-electron chi connectivity index (χ4n) is 1.24. The number of benzene rings is 1. The first-order valence-electron chi connectivity index (χ1n) is 5.62. The van der Waals surface area contributed by atoms with E-state index in [1.807, 2.05) is 0 Å². The molecule has 0 unspecified atom stereocenters. The molecule has 1 aromatic carbocycles. The summed E-state index contributed by atoms with van der Waals surface area (Å²) in [7, 11) is 0. The zero-order valence-electron chi connectivity index (χ0n) is 11.3. The molecule has 0 heterocycles. The number of anilines is 1. The van der Waals surface area contributed by atoms with Gasteiger partial charge in [-0.15, -0.1) is 13.2 Å². The van der Waals surface area contributed by atoms with Gasteiger partial charge in [-0.25, -0.2) is 9.18 Å². The third kappa shape index (κ3) is 6.19. The fourth-order valence-corrected chi connectivity index (χ4v) is 1.66. The Morgan fingerprint density at radius 2 is 1.81 bits per heavy atom. The quantitative estimate of drug-likeness (QED) is 0.755. The largest absolute Gasteiger partial charge is 0.573 e. The summed E-state index contributed by atoms with van der Waals surface area (Å²) in [6, 6.07) is 1.45. The Labute approximate surface area is 126 Å². The van der Waals surface area contributed by atoms with Crippen LogP contribution in [0.25, 0.3) is 0 Å². The van der Waals surface area contributed by atoms with Crippen LogP contribution in [0.3, 0.4) is 0 Å². The minimum absolute atomic E-state index is 0.0420. The third-order valence-electron chi connectivity index (χ3n) is 1.88. The monoisotopic (exact) mass is 373 g/mol. The zero-order chi connectivity index (χ0) is 16.4. The lowest BCUT2D eigenvalue weighted by Gasteiger charge is -2.20. The Morgan fingerprint density at radius 3 is 2.29 bits per heavy atom. The van der Waals surface area contributed by atoms with Crippen molar-refractivity contribution in [3.8, 4) is 5.75 Å². The Balaban J connectivity index is 2.97.